The third-order valence-corrected chi connectivity index (χ3v) is 6.75. The summed E-state index contributed by atoms with van der Waals surface area (Å²) in [5, 5.41) is 28.8. The maximum atomic E-state index is 10.5. The lowest BCUT2D eigenvalue weighted by atomic mass is 9.95. The van der Waals surface area contributed by atoms with E-state index in [-0.39, 0.29) is 0 Å². The molecule has 2 aromatic heterocycles. The molecule has 4 aromatic rings. The number of aryl methyl sites for hydroxylation is 1. The highest BCUT2D eigenvalue weighted by molar-refractivity contribution is 5.86. The largest absolute Gasteiger partial charge is 0.387 e. The number of benzene rings is 2. The zero-order chi connectivity index (χ0) is 23.9. The molecular weight excluding hydrogens is 424 g/mol. The lowest BCUT2D eigenvalue weighted by Crippen LogP contribution is -2.15. The number of hydrogen-bond acceptors (Lipinski definition) is 5. The van der Waals surface area contributed by atoms with Crippen LogP contribution in [-0.4, -0.2) is 26.7 Å². The molecule has 2 heterocycles. The first kappa shape index (κ1) is 22.4. The number of fused-ring (bicyclic) bond motifs is 2. The predicted octanol–water partition coefficient (Wildman–Crippen LogP) is 5.48. The minimum atomic E-state index is -0.886. The van der Waals surface area contributed by atoms with Crippen LogP contribution >= 0.6 is 0 Å². The molecule has 0 saturated heterocycles. The smallest absolute Gasteiger partial charge is 0.0966 e. The Morgan fingerprint density at radius 3 is 2.79 bits per heavy atom. The minimum absolute atomic E-state index is 0.455. The molecule has 0 fully saturated rings. The van der Waals surface area contributed by atoms with Crippen LogP contribution in [0.5, 0.6) is 0 Å². The second-order valence-corrected chi connectivity index (χ2v) is 9.71. The van der Waals surface area contributed by atoms with E-state index in [0.29, 0.717) is 0 Å². The molecule has 5 rings (SSSR count). The van der Waals surface area contributed by atoms with Crippen molar-refractivity contribution < 1.29 is 10.2 Å². The summed E-state index contributed by atoms with van der Waals surface area (Å²) in [6.45, 7) is 6.55. The van der Waals surface area contributed by atoms with E-state index in [1.54, 1.807) is 6.20 Å². The number of aliphatic hydroxyl groups is 2. The molecule has 0 radical (unpaired) electrons. The fourth-order valence-corrected chi connectivity index (χ4v) is 4.95. The fraction of sp³-hybridized carbons (Fsp3) is 0.321. The van der Waals surface area contributed by atoms with Crippen LogP contribution in [0.1, 0.15) is 54.3 Å². The quantitative estimate of drug-likeness (QED) is 0.254. The van der Waals surface area contributed by atoms with Gasteiger partial charge in [0.15, 0.2) is 0 Å². The van der Waals surface area contributed by atoms with Crippen molar-refractivity contribution in [3.63, 3.8) is 0 Å². The van der Waals surface area contributed by atoms with Gasteiger partial charge in [0.25, 0.3) is 0 Å². The third-order valence-electron chi connectivity index (χ3n) is 6.75. The average Bonchev–Trinajstić information content (AvgIpc) is 3.39. The van der Waals surface area contributed by atoms with E-state index in [9.17, 15) is 10.2 Å². The number of aliphatic hydroxyl groups excluding tert-OH is 1. The van der Waals surface area contributed by atoms with Gasteiger partial charge in [0.1, 0.15) is 0 Å². The molecular formula is C28H32N4O2. The Kier molecular flexibility index (Phi) is 5.80. The lowest BCUT2D eigenvalue weighted by Gasteiger charge is -2.18. The summed E-state index contributed by atoms with van der Waals surface area (Å²) in [7, 11) is 0. The van der Waals surface area contributed by atoms with Crippen LogP contribution in [0, 0.1) is 6.92 Å². The number of pyridine rings is 1. The molecule has 0 unspecified atom stereocenters. The first-order chi connectivity index (χ1) is 16.3. The van der Waals surface area contributed by atoms with Gasteiger partial charge < -0.3 is 25.8 Å². The number of hydrogen-bond donors (Lipinski definition) is 5. The Morgan fingerprint density at radius 2 is 2.00 bits per heavy atom. The van der Waals surface area contributed by atoms with E-state index in [1.165, 1.54) is 11.1 Å². The number of nitrogens with one attached hydrogen (secondary N) is 3. The van der Waals surface area contributed by atoms with Gasteiger partial charge in [0.05, 0.1) is 22.9 Å². The topological polar surface area (TPSA) is 93.2 Å². The Bertz CT molecular complexity index is 1340. The summed E-state index contributed by atoms with van der Waals surface area (Å²) >= 11 is 0. The average molecular weight is 457 g/mol. The normalized spacial score (nSPS) is 15.5. The van der Waals surface area contributed by atoms with Crippen molar-refractivity contribution >= 4 is 28.0 Å². The molecule has 0 saturated carbocycles. The van der Waals surface area contributed by atoms with Gasteiger partial charge in [-0.15, -0.1) is 0 Å². The van der Waals surface area contributed by atoms with Crippen molar-refractivity contribution in [2.45, 2.75) is 51.7 Å². The van der Waals surface area contributed by atoms with Crippen molar-refractivity contribution in [3.05, 3.63) is 82.8 Å². The van der Waals surface area contributed by atoms with Gasteiger partial charge in [-0.05, 0) is 81.0 Å². The molecule has 34 heavy (non-hydrogen) atoms. The maximum Gasteiger partial charge on any atom is 0.0966 e. The highest BCUT2D eigenvalue weighted by atomic mass is 16.3. The first-order valence-electron chi connectivity index (χ1n) is 11.9. The summed E-state index contributed by atoms with van der Waals surface area (Å²) in [5.41, 5.74) is 8.50. The van der Waals surface area contributed by atoms with E-state index in [4.69, 9.17) is 0 Å². The van der Waals surface area contributed by atoms with E-state index in [1.807, 2.05) is 38.2 Å². The van der Waals surface area contributed by atoms with Gasteiger partial charge in [0, 0.05) is 47.0 Å². The van der Waals surface area contributed by atoms with Crippen LogP contribution in [0.15, 0.2) is 54.9 Å². The van der Waals surface area contributed by atoms with Gasteiger partial charge in [-0.3, -0.25) is 4.98 Å². The molecule has 0 spiro atoms. The molecule has 1 atom stereocenters. The highest BCUT2D eigenvalue weighted by Crippen LogP contribution is 2.35. The van der Waals surface area contributed by atoms with E-state index < -0.39 is 11.7 Å². The monoisotopic (exact) mass is 456 g/mol. The Morgan fingerprint density at radius 1 is 1.15 bits per heavy atom. The zero-order valence-electron chi connectivity index (χ0n) is 19.9. The summed E-state index contributed by atoms with van der Waals surface area (Å²) in [5.74, 6) is 0. The first-order valence-corrected chi connectivity index (χ1v) is 11.9. The third kappa shape index (κ3) is 4.27. The second-order valence-electron chi connectivity index (χ2n) is 9.71. The summed E-state index contributed by atoms with van der Waals surface area (Å²) in [6.07, 6.45) is 5.80. The number of rotatable bonds is 7. The summed E-state index contributed by atoms with van der Waals surface area (Å²) in [6, 6.07) is 14.4. The standard InChI is InChI=1S/C28H32N4O2/c1-17-15-19(32-24-12-14-30-27-21(24)8-10-25(27)33)7-9-23(17)29-13-11-18-16-31-26-20(18)5-4-6-22(26)28(2,3)34/h4-7,9,12,14-16,25,29,31,33-34H,8,10-11,13H2,1-3H3,(H,30,32)/t25-/m1/s1. The molecule has 176 valence electrons. The van der Waals surface area contributed by atoms with Gasteiger partial charge in [-0.1, -0.05) is 18.2 Å². The highest BCUT2D eigenvalue weighted by Gasteiger charge is 2.24. The van der Waals surface area contributed by atoms with Crippen LogP contribution in [-0.2, 0) is 18.4 Å². The number of anilines is 3. The van der Waals surface area contributed by atoms with Crippen molar-refractivity contribution in [1.29, 1.82) is 0 Å². The van der Waals surface area contributed by atoms with Gasteiger partial charge in [0.2, 0.25) is 0 Å². The molecule has 5 N–H and O–H groups in total. The van der Waals surface area contributed by atoms with Crippen molar-refractivity contribution in [2.75, 3.05) is 17.2 Å². The Labute approximate surface area is 200 Å². The molecule has 1 aliphatic rings. The fourth-order valence-electron chi connectivity index (χ4n) is 4.95. The van der Waals surface area contributed by atoms with Gasteiger partial charge >= 0.3 is 0 Å². The lowest BCUT2D eigenvalue weighted by molar-refractivity contribution is 0.0800. The van der Waals surface area contributed by atoms with Crippen LogP contribution in [0.2, 0.25) is 0 Å². The van der Waals surface area contributed by atoms with E-state index in [0.717, 1.165) is 70.6 Å². The van der Waals surface area contributed by atoms with E-state index >= 15 is 0 Å². The number of nitrogens with zero attached hydrogens (tertiary/aromatic N) is 1. The molecule has 1 aliphatic carbocycles. The molecule has 2 aromatic carbocycles. The molecule has 0 amide bonds. The molecule has 6 nitrogen and oxygen atoms in total. The van der Waals surface area contributed by atoms with Crippen LogP contribution in [0.25, 0.3) is 10.9 Å². The summed E-state index contributed by atoms with van der Waals surface area (Å²) in [4.78, 5) is 7.71. The van der Waals surface area contributed by atoms with E-state index in [2.05, 4.69) is 51.8 Å². The van der Waals surface area contributed by atoms with Crippen molar-refractivity contribution in [2.24, 2.45) is 0 Å². The SMILES string of the molecule is Cc1cc(Nc2ccnc3c2CC[C@H]3O)ccc1NCCc1c[nH]c2c(C(C)(C)O)cccc12. The maximum absolute atomic E-state index is 10.5. The van der Waals surface area contributed by atoms with Crippen LogP contribution in [0.3, 0.4) is 0 Å². The number of para-hydroxylation sites is 1. The molecule has 0 aliphatic heterocycles. The number of aromatic amines is 1. The Hall–Kier alpha value is -3.35. The predicted molar refractivity (Wildman–Crippen MR) is 138 cm³/mol. The van der Waals surface area contributed by atoms with Crippen molar-refractivity contribution in [1.82, 2.24) is 9.97 Å². The molecule has 0 bridgehead atoms. The van der Waals surface area contributed by atoms with Crippen LogP contribution in [0.4, 0.5) is 17.1 Å². The van der Waals surface area contributed by atoms with Gasteiger partial charge in [-0.25, -0.2) is 0 Å². The van der Waals surface area contributed by atoms with Crippen LogP contribution < -0.4 is 10.6 Å². The zero-order valence-corrected chi connectivity index (χ0v) is 19.9. The number of aromatic nitrogens is 2. The Balaban J connectivity index is 1.26. The molecule has 6 heteroatoms. The van der Waals surface area contributed by atoms with Gasteiger partial charge in [-0.2, -0.15) is 0 Å². The summed E-state index contributed by atoms with van der Waals surface area (Å²) < 4.78 is 0. The minimum Gasteiger partial charge on any atom is -0.387 e. The second kappa shape index (κ2) is 8.78. The van der Waals surface area contributed by atoms with Crippen molar-refractivity contribution in [3.8, 4) is 0 Å². The number of H-pyrrole nitrogens is 1.